The molecule has 0 spiro atoms. The predicted octanol–water partition coefficient (Wildman–Crippen LogP) is 3.26. The summed E-state index contributed by atoms with van der Waals surface area (Å²) in [6.45, 7) is 4.18. The van der Waals surface area contributed by atoms with Gasteiger partial charge in [-0.25, -0.2) is 4.98 Å². The molecule has 2 N–H and O–H groups in total. The zero-order valence-corrected chi connectivity index (χ0v) is 9.77. The van der Waals surface area contributed by atoms with Gasteiger partial charge in [0.25, 0.3) is 0 Å². The van der Waals surface area contributed by atoms with Gasteiger partial charge in [-0.05, 0) is 19.4 Å². The van der Waals surface area contributed by atoms with Crippen molar-refractivity contribution in [3.05, 3.63) is 34.2 Å². The number of para-hydroxylation sites is 1. The maximum atomic E-state index is 5.95. The van der Waals surface area contributed by atoms with E-state index in [9.17, 15) is 0 Å². The van der Waals surface area contributed by atoms with Crippen LogP contribution >= 0.6 is 11.3 Å². The lowest BCUT2D eigenvalue weighted by Gasteiger charge is -2.03. The molecule has 0 aliphatic heterocycles. The number of nitrogens with zero attached hydrogens (tertiary/aromatic N) is 1. The first-order valence-corrected chi connectivity index (χ1v) is 5.85. The topological polar surface area (TPSA) is 38.9 Å². The molecule has 0 aliphatic carbocycles. The van der Waals surface area contributed by atoms with Gasteiger partial charge >= 0.3 is 0 Å². The molecule has 2 rings (SSSR count). The summed E-state index contributed by atoms with van der Waals surface area (Å²) in [5.41, 5.74) is 8.86. The first kappa shape index (κ1) is 10.2. The Labute approximate surface area is 93.8 Å². The maximum Gasteiger partial charge on any atom is 0.0904 e. The average Bonchev–Trinajstić information content (AvgIpc) is 2.60. The summed E-state index contributed by atoms with van der Waals surface area (Å²) in [5, 5.41) is 1.10. The van der Waals surface area contributed by atoms with Crippen LogP contribution in [0.3, 0.4) is 0 Å². The van der Waals surface area contributed by atoms with E-state index < -0.39 is 0 Å². The molecule has 2 aromatic rings. The number of thiazole rings is 1. The zero-order valence-electron chi connectivity index (χ0n) is 8.95. The number of aryl methyl sites for hydroxylation is 2. The number of benzene rings is 1. The smallest absolute Gasteiger partial charge is 0.0904 e. The Morgan fingerprint density at radius 2 is 2.07 bits per heavy atom. The van der Waals surface area contributed by atoms with E-state index in [1.54, 1.807) is 11.3 Å². The summed E-state index contributed by atoms with van der Waals surface area (Å²) in [4.78, 5) is 5.86. The highest BCUT2D eigenvalue weighted by atomic mass is 32.1. The Hall–Kier alpha value is -1.35. The maximum absolute atomic E-state index is 5.95. The quantitative estimate of drug-likeness (QED) is 0.786. The molecule has 15 heavy (non-hydrogen) atoms. The third-order valence-electron chi connectivity index (χ3n) is 2.34. The Kier molecular flexibility index (Phi) is 2.73. The Balaban J connectivity index is 2.58. The minimum Gasteiger partial charge on any atom is -0.398 e. The molecule has 0 fully saturated rings. The van der Waals surface area contributed by atoms with E-state index in [1.165, 1.54) is 4.88 Å². The fourth-order valence-corrected chi connectivity index (χ4v) is 2.52. The Morgan fingerprint density at radius 1 is 1.33 bits per heavy atom. The molecule has 2 nitrogen and oxygen atoms in total. The van der Waals surface area contributed by atoms with Gasteiger partial charge < -0.3 is 5.73 Å². The van der Waals surface area contributed by atoms with E-state index in [4.69, 9.17) is 5.73 Å². The van der Waals surface area contributed by atoms with Crippen LogP contribution in [0, 0.1) is 6.92 Å². The molecule has 0 unspecified atom stereocenters. The number of hydrogen-bond donors (Lipinski definition) is 1. The monoisotopic (exact) mass is 218 g/mol. The number of anilines is 1. The Bertz CT molecular complexity index is 474. The van der Waals surface area contributed by atoms with Crippen LogP contribution in [0.1, 0.15) is 16.8 Å². The fraction of sp³-hybridized carbons (Fsp3) is 0.250. The molecule has 1 aromatic heterocycles. The van der Waals surface area contributed by atoms with Crippen molar-refractivity contribution in [1.29, 1.82) is 0 Å². The highest BCUT2D eigenvalue weighted by molar-refractivity contribution is 7.12. The molecule has 1 aromatic carbocycles. The number of aromatic nitrogens is 1. The van der Waals surface area contributed by atoms with Crippen LogP contribution in [-0.2, 0) is 6.42 Å². The zero-order chi connectivity index (χ0) is 10.8. The van der Waals surface area contributed by atoms with Gasteiger partial charge in [0.2, 0.25) is 0 Å². The molecule has 0 amide bonds. The molecular formula is C12H14N2S. The van der Waals surface area contributed by atoms with Gasteiger partial charge in [-0.15, -0.1) is 11.3 Å². The van der Waals surface area contributed by atoms with Crippen molar-refractivity contribution in [1.82, 2.24) is 4.98 Å². The minimum atomic E-state index is 0.803. The van der Waals surface area contributed by atoms with Gasteiger partial charge in [-0.1, -0.05) is 25.1 Å². The number of nitrogen functional groups attached to an aromatic ring is 1. The minimum absolute atomic E-state index is 0.803. The highest BCUT2D eigenvalue weighted by Gasteiger charge is 2.11. The molecule has 0 atom stereocenters. The van der Waals surface area contributed by atoms with Crippen LogP contribution in [-0.4, -0.2) is 4.98 Å². The van der Waals surface area contributed by atoms with Crippen molar-refractivity contribution in [3.8, 4) is 11.3 Å². The number of hydrogen-bond acceptors (Lipinski definition) is 3. The van der Waals surface area contributed by atoms with Crippen molar-refractivity contribution < 1.29 is 0 Å². The van der Waals surface area contributed by atoms with Crippen molar-refractivity contribution in [3.63, 3.8) is 0 Å². The second-order valence-electron chi connectivity index (χ2n) is 3.45. The molecule has 0 saturated heterocycles. The fourth-order valence-electron chi connectivity index (χ4n) is 1.63. The molecule has 0 radical (unpaired) electrons. The van der Waals surface area contributed by atoms with E-state index in [0.29, 0.717) is 0 Å². The summed E-state index contributed by atoms with van der Waals surface area (Å²) in [5.74, 6) is 0. The summed E-state index contributed by atoms with van der Waals surface area (Å²) >= 11 is 1.75. The van der Waals surface area contributed by atoms with Crippen molar-refractivity contribution in [2.24, 2.45) is 0 Å². The first-order chi connectivity index (χ1) is 7.22. The van der Waals surface area contributed by atoms with Gasteiger partial charge in [0, 0.05) is 16.1 Å². The van der Waals surface area contributed by atoms with Gasteiger partial charge in [0.15, 0.2) is 0 Å². The van der Waals surface area contributed by atoms with Gasteiger partial charge in [0.05, 0.1) is 10.7 Å². The lowest BCUT2D eigenvalue weighted by molar-refractivity contribution is 1.16. The molecule has 0 bridgehead atoms. The lowest BCUT2D eigenvalue weighted by Crippen LogP contribution is -1.91. The van der Waals surface area contributed by atoms with E-state index >= 15 is 0 Å². The molecule has 78 valence electrons. The van der Waals surface area contributed by atoms with Crippen molar-refractivity contribution in [2.45, 2.75) is 20.3 Å². The lowest BCUT2D eigenvalue weighted by atomic mass is 10.1. The summed E-state index contributed by atoms with van der Waals surface area (Å²) in [7, 11) is 0. The van der Waals surface area contributed by atoms with Crippen molar-refractivity contribution >= 4 is 17.0 Å². The Morgan fingerprint density at radius 3 is 2.73 bits per heavy atom. The van der Waals surface area contributed by atoms with E-state index in [0.717, 1.165) is 28.4 Å². The highest BCUT2D eigenvalue weighted by Crippen LogP contribution is 2.31. The van der Waals surface area contributed by atoms with Crippen molar-refractivity contribution in [2.75, 3.05) is 5.73 Å². The van der Waals surface area contributed by atoms with Gasteiger partial charge in [-0.3, -0.25) is 0 Å². The molecule has 1 heterocycles. The van der Waals surface area contributed by atoms with Crippen LogP contribution in [0.2, 0.25) is 0 Å². The number of nitrogens with two attached hydrogens (primary N) is 1. The summed E-state index contributed by atoms with van der Waals surface area (Å²) < 4.78 is 0. The average molecular weight is 218 g/mol. The summed E-state index contributed by atoms with van der Waals surface area (Å²) in [6, 6.07) is 7.90. The van der Waals surface area contributed by atoms with Crippen LogP contribution in [0.5, 0.6) is 0 Å². The molecule has 0 aliphatic rings. The third-order valence-corrected chi connectivity index (χ3v) is 3.46. The normalized spacial score (nSPS) is 10.5. The first-order valence-electron chi connectivity index (χ1n) is 5.03. The molecular weight excluding hydrogens is 204 g/mol. The van der Waals surface area contributed by atoms with E-state index in [-0.39, 0.29) is 0 Å². The van der Waals surface area contributed by atoms with E-state index in [1.807, 2.05) is 31.2 Å². The molecule has 0 saturated carbocycles. The summed E-state index contributed by atoms with van der Waals surface area (Å²) in [6.07, 6.45) is 1.01. The van der Waals surface area contributed by atoms with Crippen LogP contribution < -0.4 is 5.73 Å². The van der Waals surface area contributed by atoms with Gasteiger partial charge in [-0.2, -0.15) is 0 Å². The number of rotatable bonds is 2. The van der Waals surface area contributed by atoms with Crippen LogP contribution in [0.4, 0.5) is 5.69 Å². The predicted molar refractivity (Wildman–Crippen MR) is 66.1 cm³/mol. The third kappa shape index (κ3) is 1.88. The van der Waals surface area contributed by atoms with E-state index in [2.05, 4.69) is 11.9 Å². The van der Waals surface area contributed by atoms with Crippen LogP contribution in [0.25, 0.3) is 11.3 Å². The van der Waals surface area contributed by atoms with Crippen LogP contribution in [0.15, 0.2) is 24.3 Å². The largest absolute Gasteiger partial charge is 0.398 e. The standard InChI is InChI=1S/C12H14N2S/c1-3-11-12(14-8(2)15-11)9-6-4-5-7-10(9)13/h4-7H,3,13H2,1-2H3. The second-order valence-corrected chi connectivity index (χ2v) is 4.73. The SMILES string of the molecule is CCc1sc(C)nc1-c1ccccc1N. The van der Waals surface area contributed by atoms with Gasteiger partial charge in [0.1, 0.15) is 0 Å². The molecule has 3 heteroatoms. The second kappa shape index (κ2) is 4.03.